The largest absolute Gasteiger partial charge is 0.468 e. The Labute approximate surface area is 71.2 Å². The van der Waals surface area contributed by atoms with Gasteiger partial charge in [-0.15, -0.1) is 0 Å². The Morgan fingerprint density at radius 2 is 1.92 bits per heavy atom. The SMILES string of the molecule is C1=CC2=C3OCOC3(C1)CC=C2. The van der Waals surface area contributed by atoms with Crippen molar-refractivity contribution in [3.8, 4) is 0 Å². The van der Waals surface area contributed by atoms with Crippen molar-refractivity contribution in [2.75, 3.05) is 6.79 Å². The van der Waals surface area contributed by atoms with Gasteiger partial charge in [0.2, 0.25) is 0 Å². The van der Waals surface area contributed by atoms with Crippen LogP contribution in [-0.4, -0.2) is 12.4 Å². The van der Waals surface area contributed by atoms with E-state index in [1.54, 1.807) is 0 Å². The van der Waals surface area contributed by atoms with Gasteiger partial charge in [-0.2, -0.15) is 0 Å². The molecule has 2 bridgehead atoms. The number of hydrogen-bond donors (Lipinski definition) is 0. The summed E-state index contributed by atoms with van der Waals surface area (Å²) in [5.41, 5.74) is 1.06. The Hall–Kier alpha value is -1.02. The van der Waals surface area contributed by atoms with Gasteiger partial charge in [0, 0.05) is 18.4 Å². The van der Waals surface area contributed by atoms with E-state index in [-0.39, 0.29) is 5.60 Å². The molecule has 0 aromatic rings. The van der Waals surface area contributed by atoms with Crippen molar-refractivity contribution in [2.45, 2.75) is 18.4 Å². The lowest BCUT2D eigenvalue weighted by Crippen LogP contribution is -2.32. The predicted octanol–water partition coefficient (Wildman–Crippen LogP) is 1.90. The summed E-state index contributed by atoms with van der Waals surface area (Å²) in [7, 11) is 0. The van der Waals surface area contributed by atoms with E-state index in [1.807, 2.05) is 0 Å². The molecule has 0 saturated carbocycles. The van der Waals surface area contributed by atoms with Crippen molar-refractivity contribution in [1.82, 2.24) is 0 Å². The lowest BCUT2D eigenvalue weighted by atomic mass is 9.83. The van der Waals surface area contributed by atoms with Gasteiger partial charge in [-0.1, -0.05) is 24.3 Å². The quantitative estimate of drug-likeness (QED) is 0.541. The summed E-state index contributed by atoms with van der Waals surface area (Å²) in [5, 5.41) is 0. The van der Waals surface area contributed by atoms with E-state index in [4.69, 9.17) is 9.47 Å². The monoisotopic (exact) mass is 162 g/mol. The third-order valence-electron chi connectivity index (χ3n) is 2.70. The average molecular weight is 162 g/mol. The molecule has 0 atom stereocenters. The van der Waals surface area contributed by atoms with Crippen molar-refractivity contribution >= 4 is 0 Å². The Kier molecular flexibility index (Phi) is 1.09. The predicted molar refractivity (Wildman–Crippen MR) is 44.3 cm³/mol. The fourth-order valence-electron chi connectivity index (χ4n) is 2.09. The third kappa shape index (κ3) is 0.636. The van der Waals surface area contributed by atoms with Crippen LogP contribution in [0.25, 0.3) is 0 Å². The molecule has 2 aliphatic carbocycles. The van der Waals surface area contributed by atoms with Crippen LogP contribution in [-0.2, 0) is 9.47 Å². The molecule has 12 heavy (non-hydrogen) atoms. The van der Waals surface area contributed by atoms with Gasteiger partial charge < -0.3 is 9.47 Å². The zero-order valence-electron chi connectivity index (χ0n) is 6.75. The Morgan fingerprint density at radius 1 is 1.17 bits per heavy atom. The number of allylic oxidation sites excluding steroid dienone is 3. The van der Waals surface area contributed by atoms with Crippen LogP contribution >= 0.6 is 0 Å². The maximum Gasteiger partial charge on any atom is 0.190 e. The normalized spacial score (nSPS) is 28.7. The number of ether oxygens (including phenoxy) is 2. The van der Waals surface area contributed by atoms with E-state index < -0.39 is 0 Å². The van der Waals surface area contributed by atoms with Crippen molar-refractivity contribution in [1.29, 1.82) is 0 Å². The van der Waals surface area contributed by atoms with Gasteiger partial charge in [0.25, 0.3) is 0 Å². The zero-order valence-corrected chi connectivity index (χ0v) is 6.75. The average Bonchev–Trinajstić information content (AvgIpc) is 2.47. The van der Waals surface area contributed by atoms with Gasteiger partial charge in [-0.25, -0.2) is 0 Å². The highest BCUT2D eigenvalue weighted by molar-refractivity contribution is 5.45. The maximum atomic E-state index is 5.63. The first kappa shape index (κ1) is 6.49. The minimum atomic E-state index is -0.126. The van der Waals surface area contributed by atoms with E-state index in [9.17, 15) is 0 Å². The highest BCUT2D eigenvalue weighted by atomic mass is 16.7. The second-order valence-corrected chi connectivity index (χ2v) is 3.40. The molecule has 2 nitrogen and oxygen atoms in total. The molecule has 0 aromatic carbocycles. The van der Waals surface area contributed by atoms with E-state index in [1.165, 1.54) is 5.57 Å². The van der Waals surface area contributed by atoms with Crippen molar-refractivity contribution in [3.63, 3.8) is 0 Å². The standard InChI is InChI=1S/C10H10O2/c1-3-8-4-2-6-10(5-1)9(8)11-7-12-10/h1-4H,5-7H2. The molecular formula is C10H10O2. The fraction of sp³-hybridized carbons (Fsp3) is 0.400. The van der Waals surface area contributed by atoms with Crippen molar-refractivity contribution in [3.05, 3.63) is 35.6 Å². The summed E-state index contributed by atoms with van der Waals surface area (Å²) in [6, 6.07) is 0. The smallest absolute Gasteiger partial charge is 0.190 e. The molecule has 0 unspecified atom stereocenters. The lowest BCUT2D eigenvalue weighted by Gasteiger charge is -2.30. The van der Waals surface area contributed by atoms with Crippen LogP contribution in [0, 0.1) is 0 Å². The van der Waals surface area contributed by atoms with Crippen LogP contribution < -0.4 is 0 Å². The molecule has 3 aliphatic rings. The summed E-state index contributed by atoms with van der Waals surface area (Å²) in [6.07, 6.45) is 10.5. The Balaban J connectivity index is 2.19. The van der Waals surface area contributed by atoms with E-state index in [0.29, 0.717) is 6.79 Å². The minimum absolute atomic E-state index is 0.126. The van der Waals surface area contributed by atoms with Crippen LogP contribution in [0.1, 0.15) is 12.8 Å². The molecule has 0 N–H and O–H groups in total. The molecule has 0 spiro atoms. The second-order valence-electron chi connectivity index (χ2n) is 3.40. The first-order chi connectivity index (χ1) is 5.91. The van der Waals surface area contributed by atoms with Crippen LogP contribution in [0.5, 0.6) is 0 Å². The lowest BCUT2D eigenvalue weighted by molar-refractivity contribution is -0.00483. The molecule has 0 aromatic heterocycles. The molecule has 62 valence electrons. The van der Waals surface area contributed by atoms with Crippen molar-refractivity contribution < 1.29 is 9.47 Å². The summed E-state index contributed by atoms with van der Waals surface area (Å²) in [5.74, 6) is 1.05. The van der Waals surface area contributed by atoms with Gasteiger partial charge in [-0.05, 0) is 0 Å². The Bertz CT molecular complexity index is 292. The van der Waals surface area contributed by atoms with Gasteiger partial charge in [0.05, 0.1) is 0 Å². The third-order valence-corrected chi connectivity index (χ3v) is 2.70. The van der Waals surface area contributed by atoms with Gasteiger partial charge in [0.15, 0.2) is 6.79 Å². The van der Waals surface area contributed by atoms with E-state index in [2.05, 4.69) is 24.3 Å². The summed E-state index contributed by atoms with van der Waals surface area (Å²) in [4.78, 5) is 0. The summed E-state index contributed by atoms with van der Waals surface area (Å²) in [6.45, 7) is 0.419. The molecule has 0 amide bonds. The van der Waals surface area contributed by atoms with E-state index >= 15 is 0 Å². The first-order valence-electron chi connectivity index (χ1n) is 4.25. The molecular weight excluding hydrogens is 152 g/mol. The van der Waals surface area contributed by atoms with E-state index in [0.717, 1.165) is 18.6 Å². The highest BCUT2D eigenvalue weighted by Crippen LogP contribution is 2.43. The van der Waals surface area contributed by atoms with Gasteiger partial charge >= 0.3 is 0 Å². The number of hydrogen-bond acceptors (Lipinski definition) is 2. The maximum absolute atomic E-state index is 5.63. The van der Waals surface area contributed by atoms with Crippen LogP contribution in [0.15, 0.2) is 35.6 Å². The Morgan fingerprint density at radius 3 is 2.58 bits per heavy atom. The molecule has 1 aliphatic heterocycles. The van der Waals surface area contributed by atoms with Gasteiger partial charge in [0.1, 0.15) is 11.4 Å². The first-order valence-corrected chi connectivity index (χ1v) is 4.25. The minimum Gasteiger partial charge on any atom is -0.468 e. The van der Waals surface area contributed by atoms with Crippen LogP contribution in [0.3, 0.4) is 0 Å². The summed E-state index contributed by atoms with van der Waals surface area (Å²) < 4.78 is 11.1. The summed E-state index contributed by atoms with van der Waals surface area (Å²) >= 11 is 0. The molecule has 1 heterocycles. The zero-order chi connectivity index (χ0) is 8.02. The van der Waals surface area contributed by atoms with Crippen molar-refractivity contribution in [2.24, 2.45) is 0 Å². The molecule has 1 saturated heterocycles. The van der Waals surface area contributed by atoms with Crippen LogP contribution in [0.2, 0.25) is 0 Å². The topological polar surface area (TPSA) is 18.5 Å². The molecule has 3 rings (SSSR count). The number of rotatable bonds is 0. The molecule has 2 heteroatoms. The van der Waals surface area contributed by atoms with Gasteiger partial charge in [-0.3, -0.25) is 0 Å². The highest BCUT2D eigenvalue weighted by Gasteiger charge is 2.44. The molecule has 0 radical (unpaired) electrons. The molecule has 1 fully saturated rings. The van der Waals surface area contributed by atoms with Crippen LogP contribution in [0.4, 0.5) is 0 Å². The second kappa shape index (κ2) is 2.02. The fourth-order valence-corrected chi connectivity index (χ4v) is 2.09.